The molecule has 2 nitrogen and oxygen atoms in total. The van der Waals surface area contributed by atoms with Crippen LogP contribution in [0.15, 0.2) is 66.9 Å². The predicted octanol–water partition coefficient (Wildman–Crippen LogP) is 4.76. The molecule has 3 aromatic rings. The first-order valence-electron chi connectivity index (χ1n) is 6.94. The highest BCUT2D eigenvalue weighted by Gasteiger charge is 2.15. The first-order valence-corrected chi connectivity index (χ1v) is 6.94. The smallest absolute Gasteiger partial charge is 0.141 e. The third kappa shape index (κ3) is 2.50. The van der Waals surface area contributed by atoms with Gasteiger partial charge in [-0.05, 0) is 30.0 Å². The molecule has 100 valence electrons. The van der Waals surface area contributed by atoms with Gasteiger partial charge in [0.05, 0.1) is 5.69 Å². The van der Waals surface area contributed by atoms with Crippen LogP contribution in [0.1, 0.15) is 25.1 Å². The minimum atomic E-state index is -0.0245. The summed E-state index contributed by atoms with van der Waals surface area (Å²) in [6.45, 7) is 2.12. The zero-order chi connectivity index (χ0) is 13.8. The molecule has 0 radical (unpaired) electrons. The molecule has 3 rings (SSSR count). The lowest BCUT2D eigenvalue weighted by atomic mass is 10.0. The van der Waals surface area contributed by atoms with Crippen LogP contribution in [0.4, 0.5) is 0 Å². The Morgan fingerprint density at radius 2 is 1.70 bits per heavy atom. The summed E-state index contributed by atoms with van der Waals surface area (Å²) in [5.41, 5.74) is 1.01. The van der Waals surface area contributed by atoms with Gasteiger partial charge in [0.25, 0.3) is 0 Å². The summed E-state index contributed by atoms with van der Waals surface area (Å²) in [6.07, 6.45) is 2.72. The number of hydrogen-bond donors (Lipinski definition) is 0. The number of nitrogens with zero attached hydrogens (tertiary/aromatic N) is 1. The maximum atomic E-state index is 6.10. The first kappa shape index (κ1) is 12.7. The van der Waals surface area contributed by atoms with Gasteiger partial charge in [0.15, 0.2) is 0 Å². The van der Waals surface area contributed by atoms with Gasteiger partial charge in [-0.2, -0.15) is 0 Å². The molecule has 0 fully saturated rings. The van der Waals surface area contributed by atoms with Gasteiger partial charge in [-0.3, -0.25) is 4.98 Å². The van der Waals surface area contributed by atoms with Crippen molar-refractivity contribution in [2.24, 2.45) is 0 Å². The average molecular weight is 263 g/mol. The van der Waals surface area contributed by atoms with E-state index in [9.17, 15) is 0 Å². The Morgan fingerprint density at radius 3 is 2.50 bits per heavy atom. The Kier molecular flexibility index (Phi) is 3.64. The molecule has 0 spiro atoms. The predicted molar refractivity (Wildman–Crippen MR) is 81.8 cm³/mol. The van der Waals surface area contributed by atoms with Crippen LogP contribution in [-0.4, -0.2) is 4.98 Å². The van der Waals surface area contributed by atoms with Crippen molar-refractivity contribution in [2.45, 2.75) is 19.4 Å². The molecule has 0 aliphatic rings. The minimum Gasteiger partial charge on any atom is -0.484 e. The standard InChI is InChI=1S/C18H17NO/c1-2-17(20-15-9-4-3-5-10-15)18-16-11-7-6-8-14(16)12-13-19-18/h3-13,17H,2H2,1H3. The van der Waals surface area contributed by atoms with Crippen molar-refractivity contribution < 1.29 is 4.74 Å². The van der Waals surface area contributed by atoms with Crippen molar-refractivity contribution in [3.63, 3.8) is 0 Å². The third-order valence-corrected chi connectivity index (χ3v) is 3.40. The number of hydrogen-bond acceptors (Lipinski definition) is 2. The Labute approximate surface area is 119 Å². The monoisotopic (exact) mass is 263 g/mol. The van der Waals surface area contributed by atoms with Crippen LogP contribution in [0.25, 0.3) is 10.8 Å². The lowest BCUT2D eigenvalue weighted by molar-refractivity contribution is 0.198. The van der Waals surface area contributed by atoms with Gasteiger partial charge in [0.2, 0.25) is 0 Å². The Bertz CT molecular complexity index is 689. The minimum absolute atomic E-state index is 0.0245. The van der Waals surface area contributed by atoms with Crippen LogP contribution in [0.5, 0.6) is 5.75 Å². The van der Waals surface area contributed by atoms with Crippen LogP contribution < -0.4 is 4.74 Å². The molecule has 0 N–H and O–H groups in total. The molecule has 0 saturated carbocycles. The average Bonchev–Trinajstić information content (AvgIpc) is 2.53. The summed E-state index contributed by atoms with van der Waals surface area (Å²) < 4.78 is 6.10. The van der Waals surface area contributed by atoms with E-state index >= 15 is 0 Å². The van der Waals surface area contributed by atoms with Gasteiger partial charge in [-0.25, -0.2) is 0 Å². The highest BCUT2D eigenvalue weighted by molar-refractivity contribution is 5.84. The van der Waals surface area contributed by atoms with Crippen molar-refractivity contribution in [1.29, 1.82) is 0 Å². The van der Waals surface area contributed by atoms with Crippen molar-refractivity contribution in [3.8, 4) is 5.75 Å². The van der Waals surface area contributed by atoms with Crippen molar-refractivity contribution >= 4 is 10.8 Å². The molecule has 1 unspecified atom stereocenters. The molecule has 20 heavy (non-hydrogen) atoms. The molecule has 0 aliphatic heterocycles. The van der Waals surface area contributed by atoms with Crippen molar-refractivity contribution in [1.82, 2.24) is 4.98 Å². The molecule has 1 atom stereocenters. The largest absolute Gasteiger partial charge is 0.484 e. The second kappa shape index (κ2) is 5.74. The van der Waals surface area contributed by atoms with Gasteiger partial charge < -0.3 is 4.74 Å². The fraction of sp³-hybridized carbons (Fsp3) is 0.167. The molecule has 1 heterocycles. The van der Waals surface area contributed by atoms with Crippen molar-refractivity contribution in [2.75, 3.05) is 0 Å². The lowest BCUT2D eigenvalue weighted by Gasteiger charge is -2.18. The number of pyridine rings is 1. The van der Waals surface area contributed by atoms with Crippen LogP contribution in [0.3, 0.4) is 0 Å². The summed E-state index contributed by atoms with van der Waals surface area (Å²) in [5.74, 6) is 0.883. The van der Waals surface area contributed by atoms with E-state index in [1.165, 1.54) is 5.39 Å². The lowest BCUT2D eigenvalue weighted by Crippen LogP contribution is -2.09. The Morgan fingerprint density at radius 1 is 0.950 bits per heavy atom. The number of aromatic nitrogens is 1. The molecular weight excluding hydrogens is 246 g/mol. The molecule has 0 saturated heterocycles. The highest BCUT2D eigenvalue weighted by atomic mass is 16.5. The van der Waals surface area contributed by atoms with E-state index in [0.29, 0.717) is 0 Å². The molecule has 1 aromatic heterocycles. The summed E-state index contributed by atoms with van der Waals surface area (Å²) in [7, 11) is 0. The summed E-state index contributed by atoms with van der Waals surface area (Å²) in [6, 6.07) is 20.3. The molecule has 0 bridgehead atoms. The van der Waals surface area contributed by atoms with Gasteiger partial charge in [0.1, 0.15) is 11.9 Å². The molecular formula is C18H17NO. The van der Waals surface area contributed by atoms with Crippen LogP contribution in [0, 0.1) is 0 Å². The summed E-state index contributed by atoms with van der Waals surface area (Å²) in [5, 5.41) is 2.37. The quantitative estimate of drug-likeness (QED) is 0.676. The zero-order valence-corrected chi connectivity index (χ0v) is 11.5. The van der Waals surface area contributed by atoms with E-state index in [0.717, 1.165) is 23.3 Å². The highest BCUT2D eigenvalue weighted by Crippen LogP contribution is 2.28. The zero-order valence-electron chi connectivity index (χ0n) is 11.5. The fourth-order valence-corrected chi connectivity index (χ4v) is 2.40. The number of benzene rings is 2. The number of fused-ring (bicyclic) bond motifs is 1. The van der Waals surface area contributed by atoms with E-state index in [1.807, 2.05) is 54.7 Å². The maximum Gasteiger partial charge on any atom is 0.141 e. The van der Waals surface area contributed by atoms with Gasteiger partial charge >= 0.3 is 0 Å². The van der Waals surface area contributed by atoms with E-state index in [1.54, 1.807) is 0 Å². The van der Waals surface area contributed by atoms with Crippen LogP contribution in [-0.2, 0) is 0 Å². The molecule has 0 amide bonds. The second-order valence-electron chi connectivity index (χ2n) is 4.75. The first-order chi connectivity index (χ1) is 9.88. The molecule has 2 aromatic carbocycles. The van der Waals surface area contributed by atoms with Gasteiger partial charge in [0, 0.05) is 11.6 Å². The summed E-state index contributed by atoms with van der Waals surface area (Å²) in [4.78, 5) is 4.55. The van der Waals surface area contributed by atoms with Gasteiger partial charge in [-0.1, -0.05) is 49.4 Å². The van der Waals surface area contributed by atoms with Gasteiger partial charge in [-0.15, -0.1) is 0 Å². The third-order valence-electron chi connectivity index (χ3n) is 3.40. The number of rotatable bonds is 4. The normalized spacial score (nSPS) is 12.2. The van der Waals surface area contributed by atoms with Crippen LogP contribution in [0.2, 0.25) is 0 Å². The number of para-hydroxylation sites is 1. The Balaban J connectivity index is 1.99. The van der Waals surface area contributed by atoms with E-state index < -0.39 is 0 Å². The van der Waals surface area contributed by atoms with E-state index in [2.05, 4.69) is 24.0 Å². The fourth-order valence-electron chi connectivity index (χ4n) is 2.40. The number of ether oxygens (including phenoxy) is 1. The Hall–Kier alpha value is -2.35. The van der Waals surface area contributed by atoms with E-state index in [-0.39, 0.29) is 6.10 Å². The molecule has 2 heteroatoms. The SMILES string of the molecule is CCC(Oc1ccccc1)c1nccc2ccccc12. The van der Waals surface area contributed by atoms with Crippen molar-refractivity contribution in [3.05, 3.63) is 72.6 Å². The topological polar surface area (TPSA) is 22.1 Å². The molecule has 0 aliphatic carbocycles. The van der Waals surface area contributed by atoms with Crippen LogP contribution >= 0.6 is 0 Å². The van der Waals surface area contributed by atoms with E-state index in [4.69, 9.17) is 4.74 Å². The maximum absolute atomic E-state index is 6.10. The summed E-state index contributed by atoms with van der Waals surface area (Å²) >= 11 is 0. The second-order valence-corrected chi connectivity index (χ2v) is 4.75.